The van der Waals surface area contributed by atoms with Crippen molar-refractivity contribution >= 4 is 17.8 Å². The number of hydrogen-bond acceptors (Lipinski definition) is 5. The molecule has 2 aromatic rings. The predicted molar refractivity (Wildman–Crippen MR) is 92.0 cm³/mol. The highest BCUT2D eigenvalue weighted by Crippen LogP contribution is 2.29. The van der Waals surface area contributed by atoms with Crippen molar-refractivity contribution in [1.82, 2.24) is 4.90 Å². The van der Waals surface area contributed by atoms with Gasteiger partial charge in [-0.05, 0) is 42.3 Å². The van der Waals surface area contributed by atoms with Gasteiger partial charge in [0.05, 0.1) is 30.9 Å². The maximum atomic E-state index is 12.5. The Morgan fingerprint density at radius 3 is 2.31 bits per heavy atom. The smallest absolute Gasteiger partial charge is 0.335 e. The summed E-state index contributed by atoms with van der Waals surface area (Å²) in [5, 5.41) is 9.05. The number of carbonyl (C=O) groups excluding carboxylic acids is 2. The van der Waals surface area contributed by atoms with Crippen LogP contribution in [0.15, 0.2) is 36.4 Å². The number of methoxy groups -OCH3 is 2. The van der Waals surface area contributed by atoms with E-state index in [1.165, 1.54) is 25.3 Å². The maximum absolute atomic E-state index is 12.5. The zero-order chi connectivity index (χ0) is 18.8. The number of ether oxygens (including phenoxy) is 2. The molecular formula is C19H17NO6. The zero-order valence-electron chi connectivity index (χ0n) is 14.3. The second kappa shape index (κ2) is 6.87. The average molecular weight is 355 g/mol. The fourth-order valence-corrected chi connectivity index (χ4v) is 2.90. The lowest BCUT2D eigenvalue weighted by Gasteiger charge is -2.14. The molecule has 0 unspecified atom stereocenters. The van der Waals surface area contributed by atoms with Gasteiger partial charge >= 0.3 is 5.97 Å². The van der Waals surface area contributed by atoms with E-state index in [0.717, 1.165) is 10.5 Å². The standard InChI is InChI=1S/C19H17NO6/c1-25-15-6-3-11(9-16(15)26-2)7-8-20-17(21)13-5-4-12(19(23)24)10-14(13)18(20)22/h3-6,9-10H,7-8H2,1-2H3,(H,23,24). The Kier molecular flexibility index (Phi) is 4.62. The van der Waals surface area contributed by atoms with E-state index in [1.54, 1.807) is 19.2 Å². The second-order valence-electron chi connectivity index (χ2n) is 5.77. The van der Waals surface area contributed by atoms with Crippen molar-refractivity contribution in [2.75, 3.05) is 20.8 Å². The van der Waals surface area contributed by atoms with Crippen LogP contribution in [0.5, 0.6) is 11.5 Å². The normalized spacial score (nSPS) is 12.9. The van der Waals surface area contributed by atoms with Gasteiger partial charge in [-0.25, -0.2) is 4.79 Å². The van der Waals surface area contributed by atoms with E-state index in [0.29, 0.717) is 17.9 Å². The van der Waals surface area contributed by atoms with Crippen LogP contribution in [-0.2, 0) is 6.42 Å². The molecule has 2 amide bonds. The summed E-state index contributed by atoms with van der Waals surface area (Å²) in [7, 11) is 3.08. The van der Waals surface area contributed by atoms with Crippen LogP contribution in [0.1, 0.15) is 36.6 Å². The molecule has 0 radical (unpaired) electrons. The van der Waals surface area contributed by atoms with Gasteiger partial charge in [-0.1, -0.05) is 6.07 Å². The Morgan fingerprint density at radius 1 is 0.962 bits per heavy atom. The Hall–Kier alpha value is -3.35. The highest BCUT2D eigenvalue weighted by molar-refractivity contribution is 6.21. The Morgan fingerprint density at radius 2 is 1.65 bits per heavy atom. The van der Waals surface area contributed by atoms with Crippen LogP contribution in [0.25, 0.3) is 0 Å². The SMILES string of the molecule is COc1ccc(CCN2C(=O)c3ccc(C(=O)O)cc3C2=O)cc1OC. The van der Waals surface area contributed by atoms with Gasteiger partial charge in [-0.2, -0.15) is 0 Å². The van der Waals surface area contributed by atoms with Crippen molar-refractivity contribution in [2.45, 2.75) is 6.42 Å². The summed E-state index contributed by atoms with van der Waals surface area (Å²) in [5.41, 5.74) is 1.21. The fourth-order valence-electron chi connectivity index (χ4n) is 2.90. The third kappa shape index (κ3) is 2.99. The summed E-state index contributed by atoms with van der Waals surface area (Å²) in [6.45, 7) is 0.185. The molecule has 1 aliphatic rings. The van der Waals surface area contributed by atoms with Gasteiger partial charge in [0, 0.05) is 6.54 Å². The lowest BCUT2D eigenvalue weighted by molar-refractivity contribution is 0.0654. The van der Waals surface area contributed by atoms with E-state index < -0.39 is 17.8 Å². The Bertz CT molecular complexity index is 905. The molecule has 1 heterocycles. The molecule has 134 valence electrons. The molecule has 7 heteroatoms. The number of rotatable bonds is 6. The number of carbonyl (C=O) groups is 3. The summed E-state index contributed by atoms with van der Waals surface area (Å²) in [6.07, 6.45) is 0.442. The molecule has 26 heavy (non-hydrogen) atoms. The molecule has 3 rings (SSSR count). The molecule has 0 fully saturated rings. The zero-order valence-corrected chi connectivity index (χ0v) is 14.3. The third-order valence-corrected chi connectivity index (χ3v) is 4.29. The van der Waals surface area contributed by atoms with Crippen LogP contribution >= 0.6 is 0 Å². The summed E-state index contributed by atoms with van der Waals surface area (Å²) in [5.74, 6) is -0.871. The first kappa shape index (κ1) is 17.5. The van der Waals surface area contributed by atoms with Crippen molar-refractivity contribution in [3.8, 4) is 11.5 Å². The molecule has 2 aromatic carbocycles. The highest BCUT2D eigenvalue weighted by atomic mass is 16.5. The average Bonchev–Trinajstić information content (AvgIpc) is 2.89. The molecule has 7 nitrogen and oxygen atoms in total. The lowest BCUT2D eigenvalue weighted by atomic mass is 10.1. The predicted octanol–water partition coefficient (Wildman–Crippen LogP) is 2.24. The topological polar surface area (TPSA) is 93.1 Å². The molecule has 0 saturated heterocycles. The van der Waals surface area contributed by atoms with Crippen LogP contribution in [0.2, 0.25) is 0 Å². The number of benzene rings is 2. The molecule has 1 aliphatic heterocycles. The number of carboxylic acid groups (broad SMARTS) is 1. The van der Waals surface area contributed by atoms with Gasteiger partial charge in [-0.15, -0.1) is 0 Å². The van der Waals surface area contributed by atoms with Crippen LogP contribution in [-0.4, -0.2) is 48.6 Å². The van der Waals surface area contributed by atoms with E-state index in [2.05, 4.69) is 0 Å². The molecule has 1 N–H and O–H groups in total. The molecule has 0 atom stereocenters. The first-order valence-electron chi connectivity index (χ1n) is 7.90. The van der Waals surface area contributed by atoms with Gasteiger partial charge in [0.2, 0.25) is 0 Å². The molecule has 0 aliphatic carbocycles. The lowest BCUT2D eigenvalue weighted by Crippen LogP contribution is -2.31. The number of carboxylic acids is 1. The molecule has 0 saturated carbocycles. The third-order valence-electron chi connectivity index (χ3n) is 4.29. The first-order chi connectivity index (χ1) is 12.5. The van der Waals surface area contributed by atoms with E-state index in [1.807, 2.05) is 6.07 Å². The summed E-state index contributed by atoms with van der Waals surface area (Å²) < 4.78 is 10.4. The Labute approximate surface area is 149 Å². The van der Waals surface area contributed by atoms with Crippen LogP contribution in [0.3, 0.4) is 0 Å². The first-order valence-corrected chi connectivity index (χ1v) is 7.90. The number of hydrogen-bond donors (Lipinski definition) is 1. The van der Waals surface area contributed by atoms with Crippen LogP contribution in [0, 0.1) is 0 Å². The van der Waals surface area contributed by atoms with Crippen LogP contribution in [0.4, 0.5) is 0 Å². The molecular weight excluding hydrogens is 338 g/mol. The van der Waals surface area contributed by atoms with Crippen molar-refractivity contribution < 1.29 is 29.0 Å². The van der Waals surface area contributed by atoms with Crippen molar-refractivity contribution in [3.05, 3.63) is 58.7 Å². The number of imide groups is 1. The number of fused-ring (bicyclic) bond motifs is 1. The van der Waals surface area contributed by atoms with Crippen molar-refractivity contribution in [2.24, 2.45) is 0 Å². The molecule has 0 spiro atoms. The minimum atomic E-state index is -1.14. The van der Waals surface area contributed by atoms with Gasteiger partial charge in [0.1, 0.15) is 0 Å². The Balaban J connectivity index is 1.78. The van der Waals surface area contributed by atoms with E-state index in [4.69, 9.17) is 14.6 Å². The number of nitrogens with zero attached hydrogens (tertiary/aromatic N) is 1. The molecule has 0 bridgehead atoms. The van der Waals surface area contributed by atoms with Crippen LogP contribution < -0.4 is 9.47 Å². The minimum absolute atomic E-state index is 0.0216. The minimum Gasteiger partial charge on any atom is -0.493 e. The molecule has 0 aromatic heterocycles. The monoisotopic (exact) mass is 355 g/mol. The summed E-state index contributed by atoms with van der Waals surface area (Å²) >= 11 is 0. The highest BCUT2D eigenvalue weighted by Gasteiger charge is 2.35. The second-order valence-corrected chi connectivity index (χ2v) is 5.77. The van der Waals surface area contributed by atoms with Crippen molar-refractivity contribution in [1.29, 1.82) is 0 Å². The number of aromatic carboxylic acids is 1. The fraction of sp³-hybridized carbons (Fsp3) is 0.211. The maximum Gasteiger partial charge on any atom is 0.335 e. The summed E-state index contributed by atoms with van der Waals surface area (Å²) in [6, 6.07) is 9.34. The van der Waals surface area contributed by atoms with Gasteiger partial charge in [0.25, 0.3) is 11.8 Å². The largest absolute Gasteiger partial charge is 0.493 e. The van der Waals surface area contributed by atoms with Gasteiger partial charge in [0.15, 0.2) is 11.5 Å². The van der Waals surface area contributed by atoms with E-state index >= 15 is 0 Å². The van der Waals surface area contributed by atoms with E-state index in [9.17, 15) is 14.4 Å². The summed E-state index contributed by atoms with van der Waals surface area (Å²) in [4.78, 5) is 37.1. The van der Waals surface area contributed by atoms with Gasteiger partial charge < -0.3 is 14.6 Å². The number of amides is 2. The van der Waals surface area contributed by atoms with E-state index in [-0.39, 0.29) is 23.2 Å². The van der Waals surface area contributed by atoms with Crippen molar-refractivity contribution in [3.63, 3.8) is 0 Å². The quantitative estimate of drug-likeness (QED) is 0.799. The van der Waals surface area contributed by atoms with Gasteiger partial charge in [-0.3, -0.25) is 14.5 Å².